The van der Waals surface area contributed by atoms with Gasteiger partial charge in [-0.05, 0) is 25.7 Å². The molecule has 0 unspecified atom stereocenters. The fraction of sp³-hybridized carbons (Fsp3) is 0.818. The number of carbonyl (C=O) groups excluding carboxylic acids is 1. The van der Waals surface area contributed by atoms with E-state index in [2.05, 4.69) is 12.2 Å². The van der Waals surface area contributed by atoms with Crippen LogP contribution < -0.4 is 5.32 Å². The van der Waals surface area contributed by atoms with Gasteiger partial charge in [-0.25, -0.2) is 0 Å². The molecular formula is C11H19NO3. The van der Waals surface area contributed by atoms with E-state index < -0.39 is 12.0 Å². The van der Waals surface area contributed by atoms with E-state index in [1.165, 1.54) is 6.92 Å². The van der Waals surface area contributed by atoms with Gasteiger partial charge in [0, 0.05) is 5.92 Å². The van der Waals surface area contributed by atoms with Crippen molar-refractivity contribution in [3.63, 3.8) is 0 Å². The van der Waals surface area contributed by atoms with Gasteiger partial charge in [-0.1, -0.05) is 19.8 Å². The molecule has 4 heteroatoms. The van der Waals surface area contributed by atoms with Crippen LogP contribution in [0, 0.1) is 11.8 Å². The Balaban J connectivity index is 2.49. The van der Waals surface area contributed by atoms with Crippen molar-refractivity contribution in [2.24, 2.45) is 11.8 Å². The number of carboxylic acid groups (broad SMARTS) is 1. The van der Waals surface area contributed by atoms with Crippen molar-refractivity contribution in [1.82, 2.24) is 5.32 Å². The van der Waals surface area contributed by atoms with Crippen LogP contribution in [-0.2, 0) is 9.59 Å². The fourth-order valence-electron chi connectivity index (χ4n) is 2.25. The Morgan fingerprint density at radius 3 is 2.67 bits per heavy atom. The second-order valence-corrected chi connectivity index (χ2v) is 4.27. The Morgan fingerprint density at radius 1 is 1.47 bits per heavy atom. The molecule has 1 aliphatic carbocycles. The Morgan fingerprint density at radius 2 is 2.13 bits per heavy atom. The molecule has 0 aromatic heterocycles. The van der Waals surface area contributed by atoms with Gasteiger partial charge in [0.1, 0.15) is 6.04 Å². The largest absolute Gasteiger partial charge is 0.480 e. The molecule has 2 N–H and O–H groups in total. The zero-order chi connectivity index (χ0) is 11.4. The van der Waals surface area contributed by atoms with Crippen LogP contribution in [0.4, 0.5) is 0 Å². The molecule has 15 heavy (non-hydrogen) atoms. The molecule has 86 valence electrons. The van der Waals surface area contributed by atoms with Crippen molar-refractivity contribution >= 4 is 11.9 Å². The van der Waals surface area contributed by atoms with Crippen LogP contribution in [0.5, 0.6) is 0 Å². The highest BCUT2D eigenvalue weighted by molar-refractivity contribution is 5.85. The summed E-state index contributed by atoms with van der Waals surface area (Å²) in [6, 6.07) is -0.782. The molecule has 1 fully saturated rings. The summed E-state index contributed by atoms with van der Waals surface area (Å²) in [6.45, 7) is 3.58. The average Bonchev–Trinajstić information content (AvgIpc) is 2.64. The molecule has 0 heterocycles. The standard InChI is InChI=1S/C11H19NO3/c1-3-8-5-4-6-9(8)10(13)12-7(2)11(14)15/h7-9H,3-6H2,1-2H3,(H,12,13)(H,14,15)/t7-,8-,9-/m1/s1. The third-order valence-corrected chi connectivity index (χ3v) is 3.25. The molecule has 0 aliphatic heterocycles. The highest BCUT2D eigenvalue weighted by atomic mass is 16.4. The van der Waals surface area contributed by atoms with Gasteiger partial charge in [-0.15, -0.1) is 0 Å². The third kappa shape index (κ3) is 2.94. The summed E-state index contributed by atoms with van der Waals surface area (Å²) >= 11 is 0. The predicted octanol–water partition coefficient (Wildman–Crippen LogP) is 1.40. The van der Waals surface area contributed by atoms with Gasteiger partial charge < -0.3 is 10.4 Å². The molecule has 1 amide bonds. The number of carbonyl (C=O) groups is 2. The summed E-state index contributed by atoms with van der Waals surface area (Å²) < 4.78 is 0. The van der Waals surface area contributed by atoms with Crippen LogP contribution >= 0.6 is 0 Å². The topological polar surface area (TPSA) is 66.4 Å². The van der Waals surface area contributed by atoms with Crippen LogP contribution in [0.3, 0.4) is 0 Å². The molecule has 0 aromatic rings. The maximum absolute atomic E-state index is 11.8. The van der Waals surface area contributed by atoms with Crippen LogP contribution in [0.15, 0.2) is 0 Å². The average molecular weight is 213 g/mol. The minimum Gasteiger partial charge on any atom is -0.480 e. The van der Waals surface area contributed by atoms with Gasteiger partial charge in [-0.3, -0.25) is 9.59 Å². The quantitative estimate of drug-likeness (QED) is 0.741. The van der Waals surface area contributed by atoms with Crippen LogP contribution in [0.2, 0.25) is 0 Å². The van der Waals surface area contributed by atoms with Gasteiger partial charge in [0.25, 0.3) is 0 Å². The first-order valence-electron chi connectivity index (χ1n) is 5.59. The van der Waals surface area contributed by atoms with Gasteiger partial charge >= 0.3 is 5.97 Å². The monoisotopic (exact) mass is 213 g/mol. The molecule has 1 aliphatic rings. The SMILES string of the molecule is CC[C@@H]1CCC[C@H]1C(=O)N[C@H](C)C(=O)O. The number of rotatable bonds is 4. The highest BCUT2D eigenvalue weighted by Crippen LogP contribution is 2.33. The van der Waals surface area contributed by atoms with Gasteiger partial charge in [0.2, 0.25) is 5.91 Å². The molecule has 4 nitrogen and oxygen atoms in total. The molecule has 0 saturated heterocycles. The van der Waals surface area contributed by atoms with Gasteiger partial charge in [-0.2, -0.15) is 0 Å². The van der Waals surface area contributed by atoms with Crippen molar-refractivity contribution in [1.29, 1.82) is 0 Å². The van der Waals surface area contributed by atoms with Gasteiger partial charge in [0.05, 0.1) is 0 Å². The number of hydrogen-bond acceptors (Lipinski definition) is 2. The Labute approximate surface area is 90.0 Å². The summed E-state index contributed by atoms with van der Waals surface area (Å²) in [5.74, 6) is -0.605. The highest BCUT2D eigenvalue weighted by Gasteiger charge is 2.32. The van der Waals surface area contributed by atoms with E-state index in [1.54, 1.807) is 0 Å². The summed E-state index contributed by atoms with van der Waals surface area (Å²) in [6.07, 6.45) is 4.07. The van der Waals surface area contributed by atoms with E-state index >= 15 is 0 Å². The Bertz CT molecular complexity index is 252. The third-order valence-electron chi connectivity index (χ3n) is 3.25. The lowest BCUT2D eigenvalue weighted by atomic mass is 9.93. The molecule has 0 spiro atoms. The first-order chi connectivity index (χ1) is 7.06. The fourth-order valence-corrected chi connectivity index (χ4v) is 2.25. The second kappa shape index (κ2) is 5.14. The van der Waals surface area contributed by atoms with Gasteiger partial charge in [0.15, 0.2) is 0 Å². The number of aliphatic carboxylic acids is 1. The molecule has 3 atom stereocenters. The number of hydrogen-bond donors (Lipinski definition) is 2. The molecule has 0 radical (unpaired) electrons. The maximum Gasteiger partial charge on any atom is 0.325 e. The van der Waals surface area contributed by atoms with Crippen molar-refractivity contribution in [3.8, 4) is 0 Å². The summed E-state index contributed by atoms with van der Waals surface area (Å²) in [5, 5.41) is 11.2. The lowest BCUT2D eigenvalue weighted by Crippen LogP contribution is -2.42. The summed E-state index contributed by atoms with van der Waals surface area (Å²) in [7, 11) is 0. The molecule has 1 rings (SSSR count). The molecule has 1 saturated carbocycles. The zero-order valence-electron chi connectivity index (χ0n) is 9.32. The Hall–Kier alpha value is -1.06. The molecular weight excluding hydrogens is 194 g/mol. The van der Waals surface area contributed by atoms with E-state index in [0.29, 0.717) is 5.92 Å². The molecule has 0 aromatic carbocycles. The number of amides is 1. The number of carboxylic acids is 1. The first kappa shape index (κ1) is 12.0. The first-order valence-corrected chi connectivity index (χ1v) is 5.59. The lowest BCUT2D eigenvalue weighted by Gasteiger charge is -2.19. The zero-order valence-corrected chi connectivity index (χ0v) is 9.32. The van der Waals surface area contributed by atoms with Crippen LogP contribution in [-0.4, -0.2) is 23.0 Å². The van der Waals surface area contributed by atoms with Crippen molar-refractivity contribution < 1.29 is 14.7 Å². The van der Waals surface area contributed by atoms with Crippen LogP contribution in [0.25, 0.3) is 0 Å². The van der Waals surface area contributed by atoms with Crippen molar-refractivity contribution in [2.75, 3.05) is 0 Å². The van der Waals surface area contributed by atoms with E-state index in [1.807, 2.05) is 0 Å². The number of nitrogens with one attached hydrogen (secondary N) is 1. The molecule has 0 bridgehead atoms. The summed E-state index contributed by atoms with van der Waals surface area (Å²) in [4.78, 5) is 22.3. The minimum atomic E-state index is -0.977. The normalized spacial score (nSPS) is 27.3. The second-order valence-electron chi connectivity index (χ2n) is 4.27. The lowest BCUT2D eigenvalue weighted by molar-refractivity contribution is -0.142. The predicted molar refractivity (Wildman–Crippen MR) is 56.4 cm³/mol. The summed E-state index contributed by atoms with van der Waals surface area (Å²) in [5.41, 5.74) is 0. The van der Waals surface area contributed by atoms with E-state index in [-0.39, 0.29) is 11.8 Å². The van der Waals surface area contributed by atoms with E-state index in [9.17, 15) is 9.59 Å². The van der Waals surface area contributed by atoms with Crippen molar-refractivity contribution in [2.45, 2.75) is 45.6 Å². The van der Waals surface area contributed by atoms with E-state index in [0.717, 1.165) is 25.7 Å². The maximum atomic E-state index is 11.8. The van der Waals surface area contributed by atoms with Crippen molar-refractivity contribution in [3.05, 3.63) is 0 Å². The Kier molecular flexibility index (Phi) is 4.12. The van der Waals surface area contributed by atoms with Crippen LogP contribution in [0.1, 0.15) is 39.5 Å². The minimum absolute atomic E-state index is 0.0248. The smallest absolute Gasteiger partial charge is 0.325 e. The van der Waals surface area contributed by atoms with E-state index in [4.69, 9.17) is 5.11 Å².